The van der Waals surface area contributed by atoms with Crippen molar-refractivity contribution in [2.45, 2.75) is 32.8 Å². The number of carbonyl (C=O) groups is 5. The zero-order valence-electron chi connectivity index (χ0n) is 20.7. The summed E-state index contributed by atoms with van der Waals surface area (Å²) in [5.74, 6) is -4.18. The van der Waals surface area contributed by atoms with Crippen LogP contribution >= 0.6 is 0 Å². The summed E-state index contributed by atoms with van der Waals surface area (Å²) in [5, 5.41) is 0. The van der Waals surface area contributed by atoms with E-state index in [1.807, 2.05) is 0 Å². The zero-order chi connectivity index (χ0) is 27.3. The van der Waals surface area contributed by atoms with E-state index in [0.29, 0.717) is 16.7 Å². The van der Waals surface area contributed by atoms with E-state index < -0.39 is 41.9 Å². The number of esters is 5. The number of carbonyl (C=O) groups excluding carboxylic acids is 5. The lowest BCUT2D eigenvalue weighted by molar-refractivity contribution is -0.144. The van der Waals surface area contributed by atoms with Gasteiger partial charge >= 0.3 is 29.8 Å². The van der Waals surface area contributed by atoms with E-state index >= 15 is 0 Å². The van der Waals surface area contributed by atoms with Crippen LogP contribution in [0.25, 0.3) is 6.08 Å². The molecule has 0 aromatic heterocycles. The Labute approximate surface area is 211 Å². The van der Waals surface area contributed by atoms with E-state index in [0.717, 1.165) is 0 Å². The highest BCUT2D eigenvalue weighted by atomic mass is 16.6. The molecule has 11 nitrogen and oxygen atoms in total. The van der Waals surface area contributed by atoms with Gasteiger partial charge in [-0.25, -0.2) is 4.79 Å². The molecule has 0 saturated heterocycles. The molecule has 3 rings (SSSR count). The minimum atomic E-state index is -1.04. The van der Waals surface area contributed by atoms with Crippen LogP contribution in [0.5, 0.6) is 23.0 Å². The molecule has 0 bridgehead atoms. The van der Waals surface area contributed by atoms with E-state index in [2.05, 4.69) is 4.74 Å². The molecule has 0 aliphatic carbocycles. The topological polar surface area (TPSA) is 141 Å². The maximum Gasteiger partial charge on any atom is 0.330 e. The molecule has 11 heteroatoms. The molecule has 2 atom stereocenters. The molecule has 1 aliphatic rings. The minimum absolute atomic E-state index is 0.00702. The van der Waals surface area contributed by atoms with Crippen molar-refractivity contribution in [3.63, 3.8) is 0 Å². The number of fused-ring (bicyclic) bond motifs is 1. The fourth-order valence-electron chi connectivity index (χ4n) is 3.73. The molecule has 0 N–H and O–H groups in total. The first kappa shape index (κ1) is 26.9. The third kappa shape index (κ3) is 6.31. The molecule has 0 fully saturated rings. The van der Waals surface area contributed by atoms with Gasteiger partial charge in [0.25, 0.3) is 0 Å². The van der Waals surface area contributed by atoms with Gasteiger partial charge in [-0.2, -0.15) is 0 Å². The van der Waals surface area contributed by atoms with E-state index in [-0.39, 0.29) is 23.0 Å². The molecule has 194 valence electrons. The Kier molecular flexibility index (Phi) is 8.28. The number of ether oxygens (including phenoxy) is 6. The highest BCUT2D eigenvalue weighted by molar-refractivity contribution is 5.88. The SMILES string of the molecule is COC(=O)/C=C/c1cc(OC(C)=O)c2c(c1)[C@H](C(=O)OC)[C@@H](c1ccc(OC(C)=O)c(OC(C)=O)c1)O2. The van der Waals surface area contributed by atoms with E-state index in [9.17, 15) is 24.0 Å². The summed E-state index contributed by atoms with van der Waals surface area (Å²) < 4.78 is 31.3. The maximum absolute atomic E-state index is 12.9. The Morgan fingerprint density at radius 1 is 0.784 bits per heavy atom. The second kappa shape index (κ2) is 11.4. The van der Waals surface area contributed by atoms with Crippen LogP contribution in [0, 0.1) is 0 Å². The number of rotatable bonds is 7. The standard InChI is InChI=1S/C26H24O11/c1-13(27)34-19-8-7-17(12-20(19)35-14(2)28)24-23(26(31)33-5)18-10-16(6-9-22(30)32-4)11-21(25(18)37-24)36-15(3)29/h6-12,23-24H,1-5H3/b9-6+/t23-,24+/m0/s1. The lowest BCUT2D eigenvalue weighted by Crippen LogP contribution is -2.20. The average Bonchev–Trinajstić information content (AvgIpc) is 3.22. The molecule has 0 saturated carbocycles. The van der Waals surface area contributed by atoms with Crippen molar-refractivity contribution in [2.24, 2.45) is 0 Å². The van der Waals surface area contributed by atoms with Gasteiger partial charge in [0.2, 0.25) is 0 Å². The van der Waals surface area contributed by atoms with Gasteiger partial charge in [0, 0.05) is 32.4 Å². The van der Waals surface area contributed by atoms with Crippen molar-refractivity contribution in [3.05, 3.63) is 53.1 Å². The van der Waals surface area contributed by atoms with Crippen molar-refractivity contribution in [1.82, 2.24) is 0 Å². The van der Waals surface area contributed by atoms with Crippen molar-refractivity contribution in [2.75, 3.05) is 14.2 Å². The van der Waals surface area contributed by atoms with Gasteiger partial charge in [-0.15, -0.1) is 0 Å². The van der Waals surface area contributed by atoms with E-state index in [1.54, 1.807) is 6.07 Å². The van der Waals surface area contributed by atoms with Crippen molar-refractivity contribution in [1.29, 1.82) is 0 Å². The van der Waals surface area contributed by atoms with Crippen LogP contribution in [-0.4, -0.2) is 44.1 Å². The van der Waals surface area contributed by atoms with E-state index in [4.69, 9.17) is 23.7 Å². The fraction of sp³-hybridized carbons (Fsp3) is 0.269. The first-order valence-electron chi connectivity index (χ1n) is 10.9. The predicted molar refractivity (Wildman–Crippen MR) is 126 cm³/mol. The van der Waals surface area contributed by atoms with Gasteiger partial charge < -0.3 is 28.4 Å². The second-order valence-electron chi connectivity index (χ2n) is 7.82. The Hall–Kier alpha value is -4.67. The van der Waals surface area contributed by atoms with Crippen molar-refractivity contribution >= 4 is 35.9 Å². The molecule has 2 aromatic carbocycles. The minimum Gasteiger partial charge on any atom is -0.480 e. The Morgan fingerprint density at radius 2 is 1.41 bits per heavy atom. The van der Waals surface area contributed by atoms with Gasteiger partial charge in [0.15, 0.2) is 23.0 Å². The lowest BCUT2D eigenvalue weighted by atomic mass is 9.90. The molecule has 1 heterocycles. The summed E-state index contributed by atoms with van der Waals surface area (Å²) in [4.78, 5) is 59.4. The smallest absolute Gasteiger partial charge is 0.330 e. The molecular formula is C26H24O11. The van der Waals surface area contributed by atoms with Crippen LogP contribution in [0.3, 0.4) is 0 Å². The van der Waals surface area contributed by atoms with Crippen molar-refractivity contribution in [3.8, 4) is 23.0 Å². The first-order chi connectivity index (χ1) is 17.5. The number of benzene rings is 2. The summed E-state index contributed by atoms with van der Waals surface area (Å²) >= 11 is 0. The molecule has 0 unspecified atom stereocenters. The summed E-state index contributed by atoms with van der Waals surface area (Å²) in [6, 6.07) is 7.37. The largest absolute Gasteiger partial charge is 0.480 e. The lowest BCUT2D eigenvalue weighted by Gasteiger charge is -2.19. The summed E-state index contributed by atoms with van der Waals surface area (Å²) in [7, 11) is 2.43. The number of hydrogen-bond acceptors (Lipinski definition) is 11. The van der Waals surface area contributed by atoms with Crippen LogP contribution < -0.4 is 18.9 Å². The van der Waals surface area contributed by atoms with Crippen LogP contribution in [0.15, 0.2) is 36.4 Å². The Balaban J connectivity index is 2.15. The third-order valence-electron chi connectivity index (χ3n) is 5.11. The maximum atomic E-state index is 12.9. The predicted octanol–water partition coefficient (Wildman–Crippen LogP) is 3.04. The summed E-state index contributed by atoms with van der Waals surface area (Å²) in [6.07, 6.45) is 1.59. The highest BCUT2D eigenvalue weighted by Gasteiger charge is 2.44. The molecular weight excluding hydrogens is 488 g/mol. The Morgan fingerprint density at radius 3 is 2.00 bits per heavy atom. The van der Waals surface area contributed by atoms with Crippen LogP contribution in [0.1, 0.15) is 49.5 Å². The normalized spacial score (nSPS) is 15.8. The highest BCUT2D eigenvalue weighted by Crippen LogP contribution is 2.52. The number of hydrogen-bond donors (Lipinski definition) is 0. The van der Waals surface area contributed by atoms with Crippen LogP contribution in [-0.2, 0) is 33.4 Å². The average molecular weight is 512 g/mol. The number of methoxy groups -OCH3 is 2. The monoisotopic (exact) mass is 512 g/mol. The second-order valence-corrected chi connectivity index (χ2v) is 7.82. The van der Waals surface area contributed by atoms with Gasteiger partial charge in [-0.3, -0.25) is 19.2 Å². The van der Waals surface area contributed by atoms with Gasteiger partial charge in [-0.05, 0) is 41.5 Å². The fourth-order valence-corrected chi connectivity index (χ4v) is 3.73. The van der Waals surface area contributed by atoms with Gasteiger partial charge in [-0.1, -0.05) is 6.07 Å². The van der Waals surface area contributed by atoms with E-state index in [1.165, 1.54) is 71.4 Å². The molecule has 0 spiro atoms. The van der Waals surface area contributed by atoms with Gasteiger partial charge in [0.05, 0.1) is 14.2 Å². The quantitative estimate of drug-likeness (QED) is 0.307. The van der Waals surface area contributed by atoms with Gasteiger partial charge in [0.1, 0.15) is 12.0 Å². The molecule has 0 amide bonds. The molecule has 0 radical (unpaired) electrons. The summed E-state index contributed by atoms with van der Waals surface area (Å²) in [6.45, 7) is 3.57. The molecule has 37 heavy (non-hydrogen) atoms. The third-order valence-corrected chi connectivity index (χ3v) is 5.11. The molecule has 2 aromatic rings. The summed E-state index contributed by atoms with van der Waals surface area (Å²) in [5.41, 5.74) is 1.13. The van der Waals surface area contributed by atoms with Crippen LogP contribution in [0.4, 0.5) is 0 Å². The van der Waals surface area contributed by atoms with Crippen molar-refractivity contribution < 1.29 is 52.4 Å². The first-order valence-corrected chi connectivity index (χ1v) is 10.9. The zero-order valence-corrected chi connectivity index (χ0v) is 20.7. The van der Waals surface area contributed by atoms with Crippen LogP contribution in [0.2, 0.25) is 0 Å². The molecule has 1 aliphatic heterocycles. The Bertz CT molecular complexity index is 1290.